The van der Waals surface area contributed by atoms with Crippen molar-refractivity contribution in [2.45, 2.75) is 52.7 Å². The normalized spacial score (nSPS) is 14.7. The summed E-state index contributed by atoms with van der Waals surface area (Å²) in [5, 5.41) is 2.49. The molecular formula is C20H23Cl4N. The summed E-state index contributed by atoms with van der Waals surface area (Å²) in [6.07, 6.45) is 2.04. The molecule has 0 saturated carbocycles. The number of rotatable bonds is 4. The largest absolute Gasteiger partial charge is 0.292 e. The Bertz CT molecular complexity index is 699. The van der Waals surface area contributed by atoms with Crippen LogP contribution in [0.3, 0.4) is 0 Å². The second-order valence-corrected chi connectivity index (χ2v) is 7.70. The Morgan fingerprint density at radius 3 is 1.88 bits per heavy atom. The van der Waals surface area contributed by atoms with Crippen LogP contribution in [0.4, 0.5) is 0 Å². The number of hydrogen-bond donors (Lipinski definition) is 0. The lowest BCUT2D eigenvalue weighted by atomic mass is 10.1. The van der Waals surface area contributed by atoms with Crippen LogP contribution in [0.5, 0.6) is 0 Å². The summed E-state index contributed by atoms with van der Waals surface area (Å²) in [7, 11) is 0. The van der Waals surface area contributed by atoms with E-state index >= 15 is 0 Å². The predicted molar refractivity (Wildman–Crippen MR) is 111 cm³/mol. The van der Waals surface area contributed by atoms with E-state index in [1.165, 1.54) is 16.7 Å². The smallest absolute Gasteiger partial charge is 0.0595 e. The van der Waals surface area contributed by atoms with Crippen molar-refractivity contribution in [2.24, 2.45) is 0 Å². The van der Waals surface area contributed by atoms with E-state index in [-0.39, 0.29) is 0 Å². The van der Waals surface area contributed by atoms with Crippen molar-refractivity contribution in [3.8, 4) is 0 Å². The Kier molecular flexibility index (Phi) is 7.91. The highest BCUT2D eigenvalue weighted by Gasteiger charge is 2.24. The van der Waals surface area contributed by atoms with Crippen molar-refractivity contribution in [3.05, 3.63) is 67.1 Å². The Morgan fingerprint density at radius 2 is 1.36 bits per heavy atom. The van der Waals surface area contributed by atoms with Crippen molar-refractivity contribution < 1.29 is 0 Å². The minimum atomic E-state index is 0.467. The van der Waals surface area contributed by atoms with E-state index in [4.69, 9.17) is 46.4 Å². The summed E-state index contributed by atoms with van der Waals surface area (Å²) in [5.41, 5.74) is 3.77. The van der Waals surface area contributed by atoms with Crippen LogP contribution in [0, 0.1) is 0 Å². The number of fused-ring (bicyclic) bond motifs is 1. The van der Waals surface area contributed by atoms with Crippen molar-refractivity contribution in [2.75, 3.05) is 0 Å². The summed E-state index contributed by atoms with van der Waals surface area (Å²) in [6, 6.07) is 10.3. The maximum absolute atomic E-state index is 6.11. The molecule has 1 atom stereocenters. The first-order valence-electron chi connectivity index (χ1n) is 8.59. The third kappa shape index (κ3) is 5.28. The van der Waals surface area contributed by atoms with Crippen LogP contribution in [0.1, 0.15) is 43.9 Å². The van der Waals surface area contributed by atoms with Crippen LogP contribution < -0.4 is 0 Å². The van der Waals surface area contributed by atoms with Gasteiger partial charge in [-0.1, -0.05) is 66.3 Å². The first-order chi connectivity index (χ1) is 11.9. The van der Waals surface area contributed by atoms with E-state index in [1.54, 1.807) is 0 Å². The fourth-order valence-corrected chi connectivity index (χ4v) is 3.68. The Morgan fingerprint density at radius 1 is 0.840 bits per heavy atom. The highest BCUT2D eigenvalue weighted by Crippen LogP contribution is 2.33. The molecule has 2 aromatic carbocycles. The average molecular weight is 419 g/mol. The Labute approximate surface area is 170 Å². The van der Waals surface area contributed by atoms with Gasteiger partial charge in [-0.3, -0.25) is 4.90 Å². The molecule has 0 bridgehead atoms. The second-order valence-electron chi connectivity index (χ2n) is 6.08. The zero-order valence-electron chi connectivity index (χ0n) is 14.8. The van der Waals surface area contributed by atoms with E-state index in [1.807, 2.05) is 44.2 Å². The fourth-order valence-electron chi connectivity index (χ4n) is 2.98. The fraction of sp³-hybridized carbons (Fsp3) is 0.400. The van der Waals surface area contributed by atoms with Crippen molar-refractivity contribution >= 4 is 46.4 Å². The van der Waals surface area contributed by atoms with Gasteiger partial charge < -0.3 is 0 Å². The molecule has 1 aliphatic rings. The van der Waals surface area contributed by atoms with Crippen LogP contribution in [0.25, 0.3) is 0 Å². The van der Waals surface area contributed by atoms with E-state index < -0.39 is 0 Å². The molecule has 3 rings (SSSR count). The third-order valence-electron chi connectivity index (χ3n) is 4.45. The number of nitrogens with zero attached hydrogens (tertiary/aromatic N) is 1. The molecule has 0 N–H and O–H groups in total. The maximum Gasteiger partial charge on any atom is 0.0595 e. The minimum absolute atomic E-state index is 0.467. The number of benzene rings is 2. The van der Waals surface area contributed by atoms with Crippen LogP contribution in [0.15, 0.2) is 30.3 Å². The van der Waals surface area contributed by atoms with E-state index in [2.05, 4.69) is 11.8 Å². The topological polar surface area (TPSA) is 3.24 Å². The van der Waals surface area contributed by atoms with Gasteiger partial charge in [0.25, 0.3) is 0 Å². The molecule has 1 aliphatic heterocycles. The lowest BCUT2D eigenvalue weighted by Gasteiger charge is -2.23. The van der Waals surface area contributed by atoms with Crippen molar-refractivity contribution in [1.82, 2.24) is 4.90 Å². The van der Waals surface area contributed by atoms with Crippen molar-refractivity contribution in [1.29, 1.82) is 0 Å². The lowest BCUT2D eigenvalue weighted by Crippen LogP contribution is -2.28. The lowest BCUT2D eigenvalue weighted by molar-refractivity contribution is 0.203. The molecule has 0 spiro atoms. The maximum atomic E-state index is 6.11. The summed E-state index contributed by atoms with van der Waals surface area (Å²) < 4.78 is 0. The summed E-state index contributed by atoms with van der Waals surface area (Å²) in [6.45, 7) is 8.11. The standard InChI is InChI=1S/C18H17Cl4N.C2H6/c1-11(2-3-12-4-5-15(19)16(20)6-12)23-9-13-7-17(21)18(22)8-14(13)10-23;1-2/h4-8,11H,2-3,9-10H2,1H3;1-2H3/t11-;/m1./s1. The molecule has 2 aromatic rings. The molecule has 0 radical (unpaired) electrons. The molecule has 0 aromatic heterocycles. The van der Waals surface area contributed by atoms with E-state index in [0.717, 1.165) is 25.9 Å². The Hall–Kier alpha value is -0.440. The third-order valence-corrected chi connectivity index (χ3v) is 5.91. The molecule has 0 fully saturated rings. The van der Waals surface area contributed by atoms with E-state index in [0.29, 0.717) is 26.1 Å². The van der Waals surface area contributed by atoms with Crippen LogP contribution in [0.2, 0.25) is 20.1 Å². The quantitative estimate of drug-likeness (QED) is 0.492. The number of halogens is 4. The highest BCUT2D eigenvalue weighted by atomic mass is 35.5. The molecule has 0 unspecified atom stereocenters. The van der Waals surface area contributed by atoms with Gasteiger partial charge in [-0.2, -0.15) is 0 Å². The van der Waals surface area contributed by atoms with Gasteiger partial charge in [-0.25, -0.2) is 0 Å². The minimum Gasteiger partial charge on any atom is -0.292 e. The van der Waals surface area contributed by atoms with Gasteiger partial charge in [0, 0.05) is 19.1 Å². The second kappa shape index (κ2) is 9.48. The average Bonchev–Trinajstić information content (AvgIpc) is 3.00. The molecule has 25 heavy (non-hydrogen) atoms. The zero-order valence-corrected chi connectivity index (χ0v) is 17.8. The first-order valence-corrected chi connectivity index (χ1v) is 10.1. The molecule has 1 nitrogen and oxygen atoms in total. The SMILES string of the molecule is CC.C[C@H](CCc1ccc(Cl)c(Cl)c1)N1Cc2cc(Cl)c(Cl)cc2C1. The molecule has 1 heterocycles. The van der Waals surface area contributed by atoms with Crippen LogP contribution in [-0.4, -0.2) is 10.9 Å². The first kappa shape index (κ1) is 20.9. The van der Waals surface area contributed by atoms with E-state index in [9.17, 15) is 0 Å². The molecular weight excluding hydrogens is 396 g/mol. The molecule has 0 aliphatic carbocycles. The summed E-state index contributed by atoms with van der Waals surface area (Å²) >= 11 is 24.3. The van der Waals surface area contributed by atoms with Gasteiger partial charge >= 0.3 is 0 Å². The van der Waals surface area contributed by atoms with Gasteiger partial charge in [0.15, 0.2) is 0 Å². The monoisotopic (exact) mass is 417 g/mol. The molecule has 136 valence electrons. The van der Waals surface area contributed by atoms with Gasteiger partial charge in [-0.15, -0.1) is 0 Å². The van der Waals surface area contributed by atoms with Gasteiger partial charge in [0.1, 0.15) is 0 Å². The van der Waals surface area contributed by atoms with Gasteiger partial charge in [0.05, 0.1) is 20.1 Å². The number of aryl methyl sites for hydroxylation is 1. The highest BCUT2D eigenvalue weighted by molar-refractivity contribution is 6.42. The number of hydrogen-bond acceptors (Lipinski definition) is 1. The van der Waals surface area contributed by atoms with Gasteiger partial charge in [-0.05, 0) is 60.7 Å². The summed E-state index contributed by atoms with van der Waals surface area (Å²) in [5.74, 6) is 0. The van der Waals surface area contributed by atoms with Crippen LogP contribution >= 0.6 is 46.4 Å². The van der Waals surface area contributed by atoms with Crippen LogP contribution in [-0.2, 0) is 19.5 Å². The summed E-state index contributed by atoms with van der Waals surface area (Å²) in [4.78, 5) is 2.45. The predicted octanol–water partition coefficient (Wildman–Crippen LogP) is 7.66. The van der Waals surface area contributed by atoms with Gasteiger partial charge in [0.2, 0.25) is 0 Å². The van der Waals surface area contributed by atoms with Crippen molar-refractivity contribution in [3.63, 3.8) is 0 Å². The molecule has 0 amide bonds. The zero-order chi connectivity index (χ0) is 18.6. The molecule has 5 heteroatoms. The molecule has 0 saturated heterocycles. The Balaban J connectivity index is 0.00000109.